The third-order valence-electron chi connectivity index (χ3n) is 6.10. The fourth-order valence-corrected chi connectivity index (χ4v) is 5.79. The maximum Gasteiger partial charge on any atom is 0.323 e. The van der Waals surface area contributed by atoms with Crippen molar-refractivity contribution in [1.29, 1.82) is 0 Å². The zero-order valence-corrected chi connectivity index (χ0v) is 20.0. The topological polar surface area (TPSA) is 142 Å². The van der Waals surface area contributed by atoms with Crippen LogP contribution in [0.15, 0.2) is 46.1 Å². The number of carbonyl (C=O) groups excluding carboxylic acids is 1. The van der Waals surface area contributed by atoms with Gasteiger partial charge in [0.2, 0.25) is 15.9 Å². The molecule has 0 bridgehead atoms. The molecule has 35 heavy (non-hydrogen) atoms. The number of carbonyl (C=O) groups is 1. The predicted molar refractivity (Wildman–Crippen MR) is 131 cm³/mol. The first-order valence-electron chi connectivity index (χ1n) is 11.4. The molecule has 0 spiro atoms. The van der Waals surface area contributed by atoms with Gasteiger partial charge in [0.1, 0.15) is 5.82 Å². The number of morpholine rings is 1. The third-order valence-corrected chi connectivity index (χ3v) is 7.99. The molecule has 184 valence electrons. The highest BCUT2D eigenvalue weighted by atomic mass is 32.2. The Hall–Kier alpha value is -3.48. The summed E-state index contributed by atoms with van der Waals surface area (Å²) in [6, 6.07) is 10.1. The fraction of sp³-hybridized carbons (Fsp3) is 0.348. The average molecular weight is 499 g/mol. The molecule has 1 saturated heterocycles. The normalized spacial score (nSPS) is 15.1. The Morgan fingerprint density at radius 2 is 1.89 bits per heavy atom. The Balaban J connectivity index is 1.32. The fourth-order valence-electron chi connectivity index (χ4n) is 4.36. The van der Waals surface area contributed by atoms with Gasteiger partial charge in [0, 0.05) is 38.2 Å². The van der Waals surface area contributed by atoms with Gasteiger partial charge in [0.15, 0.2) is 0 Å². The van der Waals surface area contributed by atoms with Gasteiger partial charge < -0.3 is 24.6 Å². The predicted octanol–water partition coefficient (Wildman–Crippen LogP) is 1.82. The largest absolute Gasteiger partial charge is 0.379 e. The molecule has 3 heterocycles. The zero-order chi connectivity index (χ0) is 24.6. The summed E-state index contributed by atoms with van der Waals surface area (Å²) in [6.07, 6.45) is 0.590. The summed E-state index contributed by atoms with van der Waals surface area (Å²) in [5.74, 6) is 0.525. The molecule has 0 radical (unpaired) electrons. The maximum atomic E-state index is 13.0. The van der Waals surface area contributed by atoms with E-state index in [1.165, 1.54) is 4.31 Å². The van der Waals surface area contributed by atoms with Crippen molar-refractivity contribution in [2.24, 2.45) is 0 Å². The van der Waals surface area contributed by atoms with E-state index in [0.29, 0.717) is 67.3 Å². The van der Waals surface area contributed by atoms with E-state index >= 15 is 0 Å². The minimum Gasteiger partial charge on any atom is -0.379 e. The molecule has 0 atom stereocenters. The third kappa shape index (κ3) is 4.59. The second-order valence-corrected chi connectivity index (χ2v) is 10.3. The number of rotatable bonds is 7. The Labute approximate surface area is 201 Å². The number of nitrogens with zero attached hydrogens (tertiary/aromatic N) is 3. The van der Waals surface area contributed by atoms with Gasteiger partial charge in [-0.05, 0) is 43.3 Å². The number of imidazole rings is 2. The van der Waals surface area contributed by atoms with Crippen LogP contribution < -0.4 is 11.0 Å². The summed E-state index contributed by atoms with van der Waals surface area (Å²) in [6.45, 7) is 4.05. The molecule has 5 rings (SSSR count). The zero-order valence-electron chi connectivity index (χ0n) is 19.2. The van der Waals surface area contributed by atoms with Gasteiger partial charge in [-0.3, -0.25) is 4.79 Å². The van der Waals surface area contributed by atoms with Crippen molar-refractivity contribution in [3.05, 3.63) is 52.7 Å². The quantitative estimate of drug-likeness (QED) is 0.355. The van der Waals surface area contributed by atoms with Crippen molar-refractivity contribution in [3.8, 4) is 0 Å². The van der Waals surface area contributed by atoms with E-state index < -0.39 is 10.0 Å². The van der Waals surface area contributed by atoms with Crippen molar-refractivity contribution in [3.63, 3.8) is 0 Å². The number of benzene rings is 2. The van der Waals surface area contributed by atoms with Gasteiger partial charge in [-0.1, -0.05) is 0 Å². The van der Waals surface area contributed by atoms with Crippen LogP contribution in [0.5, 0.6) is 0 Å². The number of ether oxygens (including phenoxy) is 1. The van der Waals surface area contributed by atoms with Crippen LogP contribution in [-0.2, 0) is 32.5 Å². The van der Waals surface area contributed by atoms with E-state index in [2.05, 4.69) is 20.3 Å². The monoisotopic (exact) mass is 498 g/mol. The van der Waals surface area contributed by atoms with Gasteiger partial charge >= 0.3 is 5.69 Å². The molecular formula is C23H26N6O5S. The number of anilines is 1. The number of hydrogen-bond donors (Lipinski definition) is 3. The molecule has 1 aliphatic heterocycles. The van der Waals surface area contributed by atoms with Crippen molar-refractivity contribution in [2.45, 2.75) is 31.2 Å². The number of aryl methyl sites for hydroxylation is 2. The van der Waals surface area contributed by atoms with Crippen LogP contribution in [-0.4, -0.2) is 64.5 Å². The Kier molecular flexibility index (Phi) is 6.17. The molecule has 11 nitrogen and oxygen atoms in total. The van der Waals surface area contributed by atoms with Gasteiger partial charge in [-0.2, -0.15) is 4.31 Å². The maximum absolute atomic E-state index is 13.0. The lowest BCUT2D eigenvalue weighted by molar-refractivity contribution is -0.116. The van der Waals surface area contributed by atoms with Crippen LogP contribution >= 0.6 is 0 Å². The minimum atomic E-state index is -3.62. The lowest BCUT2D eigenvalue weighted by atomic mass is 10.2. The van der Waals surface area contributed by atoms with E-state index in [9.17, 15) is 18.0 Å². The number of aromatic nitrogens is 4. The molecule has 12 heteroatoms. The molecule has 2 aromatic heterocycles. The van der Waals surface area contributed by atoms with E-state index in [4.69, 9.17) is 4.74 Å². The van der Waals surface area contributed by atoms with E-state index in [1.54, 1.807) is 36.4 Å². The molecule has 0 unspecified atom stereocenters. The molecule has 1 aliphatic rings. The molecule has 0 aliphatic carbocycles. The molecule has 4 aromatic rings. The van der Waals surface area contributed by atoms with Crippen molar-refractivity contribution >= 4 is 43.7 Å². The molecule has 0 saturated carbocycles. The van der Waals surface area contributed by atoms with Gasteiger partial charge in [0.05, 0.1) is 40.2 Å². The van der Waals surface area contributed by atoms with Gasteiger partial charge in [-0.15, -0.1) is 0 Å². The summed E-state index contributed by atoms with van der Waals surface area (Å²) < 4.78 is 34.7. The average Bonchev–Trinajstić information content (AvgIpc) is 3.41. The van der Waals surface area contributed by atoms with Crippen molar-refractivity contribution in [1.82, 2.24) is 23.8 Å². The Morgan fingerprint density at radius 1 is 1.11 bits per heavy atom. The van der Waals surface area contributed by atoms with Crippen LogP contribution in [0.25, 0.3) is 22.1 Å². The number of amides is 1. The number of aromatic amines is 2. The molecule has 3 N–H and O–H groups in total. The van der Waals surface area contributed by atoms with E-state index in [1.807, 2.05) is 11.5 Å². The first-order valence-corrected chi connectivity index (χ1v) is 12.9. The molecule has 1 fully saturated rings. The number of nitrogens with one attached hydrogen (secondary N) is 3. The Morgan fingerprint density at radius 3 is 2.66 bits per heavy atom. The Bertz CT molecular complexity index is 1560. The minimum absolute atomic E-state index is 0.187. The first-order chi connectivity index (χ1) is 16.8. The number of sulfonamides is 1. The van der Waals surface area contributed by atoms with Gasteiger partial charge in [-0.25, -0.2) is 18.2 Å². The smallest absolute Gasteiger partial charge is 0.323 e. The number of hydrogen-bond acceptors (Lipinski definition) is 6. The van der Waals surface area contributed by atoms with Crippen LogP contribution in [0.1, 0.15) is 19.2 Å². The summed E-state index contributed by atoms with van der Waals surface area (Å²) in [7, 11) is -3.62. The molecule has 2 aromatic carbocycles. The number of fused-ring (bicyclic) bond motifs is 2. The standard InChI is InChI=1S/C23H26N6O5S/c1-2-29-20-6-4-16(35(32,33)28-9-11-34-12-10-28)14-19(20)25-21(29)7-8-22(30)24-15-3-5-17-18(13-15)27-23(31)26-17/h3-6,13-14H,2,7-12H2,1H3,(H,24,30)(H2,26,27,31). The van der Waals surface area contributed by atoms with Crippen molar-refractivity contribution in [2.75, 3.05) is 31.6 Å². The SMILES string of the molecule is CCn1c(CCC(=O)Nc2ccc3[nH]c(=O)[nH]c3c2)nc2cc(S(=O)(=O)N3CCOCC3)ccc21. The van der Waals surface area contributed by atoms with Crippen molar-refractivity contribution < 1.29 is 17.9 Å². The second-order valence-electron chi connectivity index (χ2n) is 8.33. The van der Waals surface area contributed by atoms with E-state index in [0.717, 1.165) is 5.52 Å². The van der Waals surface area contributed by atoms with Crippen LogP contribution in [0, 0.1) is 0 Å². The molecular weight excluding hydrogens is 472 g/mol. The molecule has 1 amide bonds. The summed E-state index contributed by atoms with van der Waals surface area (Å²) in [4.78, 5) is 34.2. The highest BCUT2D eigenvalue weighted by Gasteiger charge is 2.27. The highest BCUT2D eigenvalue weighted by molar-refractivity contribution is 7.89. The van der Waals surface area contributed by atoms with Crippen LogP contribution in [0.3, 0.4) is 0 Å². The highest BCUT2D eigenvalue weighted by Crippen LogP contribution is 2.24. The van der Waals surface area contributed by atoms with Gasteiger partial charge in [0.25, 0.3) is 0 Å². The lowest BCUT2D eigenvalue weighted by Gasteiger charge is -2.26. The van der Waals surface area contributed by atoms with Crippen LogP contribution in [0.4, 0.5) is 5.69 Å². The lowest BCUT2D eigenvalue weighted by Crippen LogP contribution is -2.40. The van der Waals surface area contributed by atoms with Crippen LogP contribution in [0.2, 0.25) is 0 Å². The summed E-state index contributed by atoms with van der Waals surface area (Å²) in [5.41, 5.74) is 2.97. The first kappa shape index (κ1) is 23.3. The number of H-pyrrole nitrogens is 2. The summed E-state index contributed by atoms with van der Waals surface area (Å²) in [5, 5.41) is 2.84. The van der Waals surface area contributed by atoms with E-state index in [-0.39, 0.29) is 22.9 Å². The summed E-state index contributed by atoms with van der Waals surface area (Å²) >= 11 is 0. The second kappa shape index (κ2) is 9.29.